The first kappa shape index (κ1) is 14.2. The molecule has 0 spiro atoms. The van der Waals surface area contributed by atoms with Gasteiger partial charge in [-0.1, -0.05) is 0 Å². The van der Waals surface area contributed by atoms with Crippen molar-refractivity contribution < 1.29 is 22.0 Å². The Morgan fingerprint density at radius 1 is 1.30 bits per heavy atom. The summed E-state index contributed by atoms with van der Waals surface area (Å²) in [5.74, 6) is -0.964. The number of carbonyl (C=O) groups excluding carboxylic acids is 1. The lowest BCUT2D eigenvalue weighted by Gasteiger charge is -2.06. The minimum atomic E-state index is -3.98. The summed E-state index contributed by atoms with van der Waals surface area (Å²) in [5.41, 5.74) is -0.296. The Balaban J connectivity index is 2.31. The standard InChI is InChI=1S/C12H11FN2O4S/c1-7-2-5-11(19-7)12(16)15-10-6-8(20(14,17)18)3-4-9(10)13/h2-6H,1H3,(H,15,16)(H2,14,17,18). The molecule has 2 rings (SSSR count). The predicted octanol–water partition coefficient (Wildman–Crippen LogP) is 1.63. The van der Waals surface area contributed by atoms with Crippen LogP contribution >= 0.6 is 0 Å². The molecule has 106 valence electrons. The molecular formula is C12H11FN2O4S. The third kappa shape index (κ3) is 3.03. The number of carbonyl (C=O) groups is 1. The van der Waals surface area contributed by atoms with E-state index in [1.54, 1.807) is 13.0 Å². The molecule has 1 amide bonds. The number of primary sulfonamides is 1. The Labute approximate surface area is 114 Å². The number of amides is 1. The molecule has 0 radical (unpaired) electrons. The zero-order valence-corrected chi connectivity index (χ0v) is 11.2. The highest BCUT2D eigenvalue weighted by Gasteiger charge is 2.16. The van der Waals surface area contributed by atoms with Gasteiger partial charge in [-0.15, -0.1) is 0 Å². The lowest BCUT2D eigenvalue weighted by atomic mass is 10.3. The largest absolute Gasteiger partial charge is 0.456 e. The van der Waals surface area contributed by atoms with Gasteiger partial charge in [0.2, 0.25) is 10.0 Å². The van der Waals surface area contributed by atoms with Crippen molar-refractivity contribution in [2.75, 3.05) is 5.32 Å². The van der Waals surface area contributed by atoms with Crippen molar-refractivity contribution in [3.8, 4) is 0 Å². The lowest BCUT2D eigenvalue weighted by molar-refractivity contribution is 0.0995. The third-order valence-corrected chi connectivity index (χ3v) is 3.39. The topological polar surface area (TPSA) is 102 Å². The fraction of sp³-hybridized carbons (Fsp3) is 0.0833. The first-order valence-electron chi connectivity index (χ1n) is 5.47. The Morgan fingerprint density at radius 2 is 2.00 bits per heavy atom. The summed E-state index contributed by atoms with van der Waals surface area (Å²) in [6, 6.07) is 5.86. The molecule has 1 aromatic heterocycles. The maximum Gasteiger partial charge on any atom is 0.291 e. The third-order valence-electron chi connectivity index (χ3n) is 2.48. The van der Waals surface area contributed by atoms with Crippen LogP contribution in [0.15, 0.2) is 39.6 Å². The average Bonchev–Trinajstić information content (AvgIpc) is 2.77. The Bertz CT molecular complexity index is 768. The number of benzene rings is 1. The van der Waals surface area contributed by atoms with Crippen molar-refractivity contribution in [2.24, 2.45) is 5.14 Å². The smallest absolute Gasteiger partial charge is 0.291 e. The summed E-state index contributed by atoms with van der Waals surface area (Å²) in [4.78, 5) is 11.5. The molecule has 2 aromatic rings. The number of hydrogen-bond donors (Lipinski definition) is 2. The van der Waals surface area contributed by atoms with Crippen LogP contribution in [0.3, 0.4) is 0 Å². The van der Waals surface area contributed by atoms with Crippen LogP contribution in [0.4, 0.5) is 10.1 Å². The van der Waals surface area contributed by atoms with E-state index in [4.69, 9.17) is 9.56 Å². The first-order chi connectivity index (χ1) is 9.27. The van der Waals surface area contributed by atoms with Crippen LogP contribution in [-0.4, -0.2) is 14.3 Å². The van der Waals surface area contributed by atoms with Gasteiger partial charge >= 0.3 is 0 Å². The summed E-state index contributed by atoms with van der Waals surface area (Å²) in [6.45, 7) is 1.65. The molecule has 8 heteroatoms. The van der Waals surface area contributed by atoms with Crippen LogP contribution in [0.2, 0.25) is 0 Å². The van der Waals surface area contributed by atoms with E-state index in [1.807, 2.05) is 0 Å². The Hall–Kier alpha value is -2.19. The number of nitrogens with two attached hydrogens (primary N) is 1. The monoisotopic (exact) mass is 298 g/mol. The molecule has 1 heterocycles. The highest BCUT2D eigenvalue weighted by Crippen LogP contribution is 2.20. The van der Waals surface area contributed by atoms with E-state index < -0.39 is 21.7 Å². The van der Waals surface area contributed by atoms with Gasteiger partial charge in [0.05, 0.1) is 10.6 Å². The van der Waals surface area contributed by atoms with Gasteiger partial charge in [-0.25, -0.2) is 17.9 Å². The van der Waals surface area contributed by atoms with Gasteiger partial charge in [0.15, 0.2) is 5.76 Å². The second-order valence-corrected chi connectivity index (χ2v) is 5.61. The minimum absolute atomic E-state index is 0.0112. The molecule has 6 nitrogen and oxygen atoms in total. The summed E-state index contributed by atoms with van der Waals surface area (Å²) in [6.07, 6.45) is 0. The molecule has 1 aromatic carbocycles. The van der Waals surface area contributed by atoms with Crippen molar-refractivity contribution in [3.05, 3.63) is 47.7 Å². The molecule has 0 fully saturated rings. The van der Waals surface area contributed by atoms with E-state index in [0.29, 0.717) is 5.76 Å². The number of furan rings is 1. The predicted molar refractivity (Wildman–Crippen MR) is 69.2 cm³/mol. The summed E-state index contributed by atoms with van der Waals surface area (Å²) in [5, 5.41) is 7.16. The molecule has 3 N–H and O–H groups in total. The van der Waals surface area contributed by atoms with Crippen LogP contribution in [0.1, 0.15) is 16.3 Å². The molecule has 0 saturated heterocycles. The van der Waals surface area contributed by atoms with Gasteiger partial charge in [0, 0.05) is 0 Å². The Kier molecular flexibility index (Phi) is 3.60. The quantitative estimate of drug-likeness (QED) is 0.898. The highest BCUT2D eigenvalue weighted by molar-refractivity contribution is 7.89. The molecular weight excluding hydrogens is 287 g/mol. The number of hydrogen-bond acceptors (Lipinski definition) is 4. The van der Waals surface area contributed by atoms with Crippen LogP contribution in [0.5, 0.6) is 0 Å². The van der Waals surface area contributed by atoms with Crippen molar-refractivity contribution >= 4 is 21.6 Å². The number of aryl methyl sites for hydroxylation is 1. The van der Waals surface area contributed by atoms with Crippen molar-refractivity contribution in [2.45, 2.75) is 11.8 Å². The second-order valence-electron chi connectivity index (χ2n) is 4.05. The summed E-state index contributed by atoms with van der Waals surface area (Å²) < 4.78 is 41.0. The van der Waals surface area contributed by atoms with Crippen molar-refractivity contribution in [1.82, 2.24) is 0 Å². The highest BCUT2D eigenvalue weighted by atomic mass is 32.2. The normalized spacial score (nSPS) is 11.3. The molecule has 0 atom stereocenters. The second kappa shape index (κ2) is 5.06. The first-order valence-corrected chi connectivity index (χ1v) is 7.02. The molecule has 0 bridgehead atoms. The van der Waals surface area contributed by atoms with Crippen molar-refractivity contribution in [3.63, 3.8) is 0 Å². The zero-order chi connectivity index (χ0) is 14.9. The number of sulfonamides is 1. The molecule has 0 unspecified atom stereocenters. The van der Waals surface area contributed by atoms with Crippen LogP contribution in [-0.2, 0) is 10.0 Å². The molecule has 0 aliphatic rings. The fourth-order valence-electron chi connectivity index (χ4n) is 1.52. The van der Waals surface area contributed by atoms with Crippen LogP contribution in [0, 0.1) is 12.7 Å². The van der Waals surface area contributed by atoms with E-state index in [2.05, 4.69) is 5.32 Å². The summed E-state index contributed by atoms with van der Waals surface area (Å²) >= 11 is 0. The van der Waals surface area contributed by atoms with E-state index in [-0.39, 0.29) is 16.3 Å². The molecule has 0 saturated carbocycles. The number of anilines is 1. The van der Waals surface area contributed by atoms with Gasteiger partial charge in [0.1, 0.15) is 11.6 Å². The SMILES string of the molecule is Cc1ccc(C(=O)Nc2cc(S(N)(=O)=O)ccc2F)o1. The Morgan fingerprint density at radius 3 is 2.55 bits per heavy atom. The minimum Gasteiger partial charge on any atom is -0.456 e. The number of rotatable bonds is 3. The number of halogens is 1. The van der Waals surface area contributed by atoms with Gasteiger partial charge < -0.3 is 9.73 Å². The van der Waals surface area contributed by atoms with Gasteiger partial charge in [-0.2, -0.15) is 0 Å². The van der Waals surface area contributed by atoms with E-state index in [9.17, 15) is 17.6 Å². The van der Waals surface area contributed by atoms with Gasteiger partial charge in [0.25, 0.3) is 5.91 Å². The van der Waals surface area contributed by atoms with E-state index >= 15 is 0 Å². The average molecular weight is 298 g/mol. The lowest BCUT2D eigenvalue weighted by Crippen LogP contribution is -2.15. The van der Waals surface area contributed by atoms with Gasteiger partial charge in [-0.05, 0) is 37.3 Å². The number of nitrogens with one attached hydrogen (secondary N) is 1. The molecule has 0 aliphatic heterocycles. The van der Waals surface area contributed by atoms with E-state index in [0.717, 1.165) is 18.2 Å². The van der Waals surface area contributed by atoms with Crippen LogP contribution < -0.4 is 10.5 Å². The maximum absolute atomic E-state index is 13.6. The summed E-state index contributed by atoms with van der Waals surface area (Å²) in [7, 11) is -3.98. The molecule has 20 heavy (non-hydrogen) atoms. The molecule has 0 aliphatic carbocycles. The fourth-order valence-corrected chi connectivity index (χ4v) is 2.06. The maximum atomic E-state index is 13.6. The van der Waals surface area contributed by atoms with Crippen molar-refractivity contribution in [1.29, 1.82) is 0 Å². The van der Waals surface area contributed by atoms with Gasteiger partial charge in [-0.3, -0.25) is 4.79 Å². The zero-order valence-electron chi connectivity index (χ0n) is 10.4. The van der Waals surface area contributed by atoms with E-state index in [1.165, 1.54) is 6.07 Å². The van der Waals surface area contributed by atoms with Crippen LogP contribution in [0.25, 0.3) is 0 Å².